The summed E-state index contributed by atoms with van der Waals surface area (Å²) in [4.78, 5) is 0. The third kappa shape index (κ3) is 2.03. The molecule has 1 N–H and O–H groups in total. The largest absolute Gasteiger partial charge is 0.308 e. The molecule has 2 bridgehead atoms. The second-order valence-corrected chi connectivity index (χ2v) is 6.47. The molecule has 2 aliphatic heterocycles. The summed E-state index contributed by atoms with van der Waals surface area (Å²) in [5.74, 6) is 1.01. The number of rotatable bonds is 1. The second-order valence-electron chi connectivity index (χ2n) is 6.47. The van der Waals surface area contributed by atoms with E-state index in [0.29, 0.717) is 5.54 Å². The summed E-state index contributed by atoms with van der Waals surface area (Å²) in [6.07, 6.45) is 17.9. The molecule has 0 spiro atoms. The van der Waals surface area contributed by atoms with E-state index in [4.69, 9.17) is 0 Å². The van der Waals surface area contributed by atoms with Crippen molar-refractivity contribution in [1.82, 2.24) is 5.32 Å². The Hall–Kier alpha value is -0.0400. The number of piperidine rings is 1. The Bertz CT molecular complexity index is 226. The fraction of sp³-hybridized carbons (Fsp3) is 1.00. The highest BCUT2D eigenvalue weighted by atomic mass is 15.1. The Morgan fingerprint density at radius 2 is 1.44 bits per heavy atom. The molecule has 0 aromatic rings. The summed E-state index contributed by atoms with van der Waals surface area (Å²) >= 11 is 0. The lowest BCUT2D eigenvalue weighted by Gasteiger charge is -2.42. The van der Waals surface area contributed by atoms with Gasteiger partial charge in [0.1, 0.15) is 0 Å². The van der Waals surface area contributed by atoms with Gasteiger partial charge >= 0.3 is 0 Å². The van der Waals surface area contributed by atoms with Crippen molar-refractivity contribution in [3.05, 3.63) is 0 Å². The van der Waals surface area contributed by atoms with Crippen LogP contribution in [-0.4, -0.2) is 11.6 Å². The Balaban J connectivity index is 1.69. The third-order valence-corrected chi connectivity index (χ3v) is 5.49. The molecule has 92 valence electrons. The Kier molecular flexibility index (Phi) is 3.24. The molecular weight excluding hydrogens is 194 g/mol. The van der Waals surface area contributed by atoms with E-state index in [1.807, 2.05) is 0 Å². The first-order chi connectivity index (χ1) is 7.89. The summed E-state index contributed by atoms with van der Waals surface area (Å²) < 4.78 is 0. The van der Waals surface area contributed by atoms with Crippen LogP contribution >= 0.6 is 0 Å². The number of hydrogen-bond donors (Lipinski definition) is 1. The molecule has 3 fully saturated rings. The van der Waals surface area contributed by atoms with Crippen LogP contribution in [0.5, 0.6) is 0 Å². The van der Waals surface area contributed by atoms with E-state index >= 15 is 0 Å². The normalized spacial score (nSPS) is 41.6. The smallest absolute Gasteiger partial charge is 0.0212 e. The molecule has 1 nitrogen and oxygen atoms in total. The summed E-state index contributed by atoms with van der Waals surface area (Å²) in [5.41, 5.74) is 0.597. The van der Waals surface area contributed by atoms with Crippen molar-refractivity contribution >= 4 is 0 Å². The minimum atomic E-state index is 0.597. The van der Waals surface area contributed by atoms with Gasteiger partial charge in [-0.25, -0.2) is 0 Å². The van der Waals surface area contributed by atoms with Crippen LogP contribution in [0.4, 0.5) is 0 Å². The molecule has 0 amide bonds. The van der Waals surface area contributed by atoms with Crippen LogP contribution in [0.2, 0.25) is 0 Å². The molecule has 1 saturated carbocycles. The van der Waals surface area contributed by atoms with Gasteiger partial charge in [-0.2, -0.15) is 0 Å². The summed E-state index contributed by atoms with van der Waals surface area (Å²) in [7, 11) is 0. The topological polar surface area (TPSA) is 12.0 Å². The van der Waals surface area contributed by atoms with Crippen molar-refractivity contribution < 1.29 is 0 Å². The summed E-state index contributed by atoms with van der Waals surface area (Å²) in [6, 6.07) is 0.888. The molecule has 1 heteroatoms. The molecule has 2 saturated heterocycles. The number of nitrogens with one attached hydrogen (secondary N) is 1. The zero-order valence-electron chi connectivity index (χ0n) is 10.6. The molecule has 1 aliphatic carbocycles. The van der Waals surface area contributed by atoms with Crippen molar-refractivity contribution in [3.63, 3.8) is 0 Å². The predicted octanol–water partition coefficient (Wildman–Crippen LogP) is 4.02. The van der Waals surface area contributed by atoms with Crippen molar-refractivity contribution in [2.24, 2.45) is 5.92 Å². The Morgan fingerprint density at radius 3 is 2.25 bits per heavy atom. The van der Waals surface area contributed by atoms with Crippen LogP contribution in [0, 0.1) is 5.92 Å². The van der Waals surface area contributed by atoms with E-state index < -0.39 is 0 Å². The molecule has 3 aliphatic rings. The average molecular weight is 221 g/mol. The molecule has 0 radical (unpaired) electrons. The third-order valence-electron chi connectivity index (χ3n) is 5.49. The molecule has 2 atom stereocenters. The summed E-state index contributed by atoms with van der Waals surface area (Å²) in [6.45, 7) is 0. The van der Waals surface area contributed by atoms with Gasteiger partial charge in [0, 0.05) is 11.6 Å². The summed E-state index contributed by atoms with van der Waals surface area (Å²) in [5, 5.41) is 4.02. The lowest BCUT2D eigenvalue weighted by Crippen LogP contribution is -2.51. The lowest BCUT2D eigenvalue weighted by atomic mass is 9.72. The second kappa shape index (κ2) is 4.68. The maximum absolute atomic E-state index is 4.02. The molecule has 0 aromatic heterocycles. The number of hydrogen-bond acceptors (Lipinski definition) is 1. The fourth-order valence-electron chi connectivity index (χ4n) is 4.60. The molecule has 16 heavy (non-hydrogen) atoms. The maximum atomic E-state index is 4.02. The highest BCUT2D eigenvalue weighted by Gasteiger charge is 2.45. The first-order valence-electron chi connectivity index (χ1n) is 7.67. The first-order valence-corrected chi connectivity index (χ1v) is 7.67. The van der Waals surface area contributed by atoms with Crippen LogP contribution in [-0.2, 0) is 0 Å². The van der Waals surface area contributed by atoms with E-state index in [1.54, 1.807) is 0 Å². The SMILES string of the molecule is C1CCCC(C23CCCC(CC2)N3)CCC1. The van der Waals surface area contributed by atoms with Gasteiger partial charge in [0.15, 0.2) is 0 Å². The minimum Gasteiger partial charge on any atom is -0.308 e. The highest BCUT2D eigenvalue weighted by Crippen LogP contribution is 2.44. The molecule has 0 aromatic carbocycles. The van der Waals surface area contributed by atoms with Crippen molar-refractivity contribution in [1.29, 1.82) is 0 Å². The maximum Gasteiger partial charge on any atom is 0.0212 e. The Labute approximate surface area is 100 Å². The lowest BCUT2D eigenvalue weighted by molar-refractivity contribution is 0.151. The molecule has 3 rings (SSSR count). The van der Waals surface area contributed by atoms with E-state index in [2.05, 4.69) is 5.32 Å². The van der Waals surface area contributed by atoms with Crippen LogP contribution in [0.15, 0.2) is 0 Å². The molecule has 2 heterocycles. The van der Waals surface area contributed by atoms with Gasteiger partial charge in [-0.1, -0.05) is 38.5 Å². The van der Waals surface area contributed by atoms with Gasteiger partial charge in [0.25, 0.3) is 0 Å². The van der Waals surface area contributed by atoms with Gasteiger partial charge in [-0.05, 0) is 44.4 Å². The van der Waals surface area contributed by atoms with Crippen LogP contribution < -0.4 is 5.32 Å². The van der Waals surface area contributed by atoms with Crippen LogP contribution in [0.25, 0.3) is 0 Å². The highest BCUT2D eigenvalue weighted by molar-refractivity contribution is 5.04. The van der Waals surface area contributed by atoms with Crippen LogP contribution in [0.3, 0.4) is 0 Å². The zero-order chi connectivity index (χ0) is 10.8. The molecule has 2 unspecified atom stereocenters. The van der Waals surface area contributed by atoms with Gasteiger partial charge in [-0.15, -0.1) is 0 Å². The minimum absolute atomic E-state index is 0.597. The standard InChI is InChI=1S/C15H27N/c1-2-4-7-13(8-5-3-1)15-11-6-9-14(16-15)10-12-15/h13-14,16H,1-12H2. The monoisotopic (exact) mass is 221 g/mol. The number of fused-ring (bicyclic) bond motifs is 2. The van der Waals surface area contributed by atoms with Crippen molar-refractivity contribution in [2.45, 2.75) is 88.6 Å². The van der Waals surface area contributed by atoms with E-state index in [0.717, 1.165) is 12.0 Å². The molecular formula is C15H27N. The zero-order valence-corrected chi connectivity index (χ0v) is 10.6. The van der Waals surface area contributed by atoms with E-state index in [-0.39, 0.29) is 0 Å². The van der Waals surface area contributed by atoms with Gasteiger partial charge in [-0.3, -0.25) is 0 Å². The van der Waals surface area contributed by atoms with Gasteiger partial charge in [0.05, 0.1) is 0 Å². The average Bonchev–Trinajstić information content (AvgIpc) is 2.54. The van der Waals surface area contributed by atoms with Crippen molar-refractivity contribution in [3.8, 4) is 0 Å². The quantitative estimate of drug-likeness (QED) is 0.705. The van der Waals surface area contributed by atoms with Gasteiger partial charge < -0.3 is 5.32 Å². The van der Waals surface area contributed by atoms with Crippen molar-refractivity contribution in [2.75, 3.05) is 0 Å². The first kappa shape index (κ1) is 11.1. The predicted molar refractivity (Wildman–Crippen MR) is 68.5 cm³/mol. The van der Waals surface area contributed by atoms with Crippen LogP contribution in [0.1, 0.15) is 77.0 Å². The van der Waals surface area contributed by atoms with E-state index in [1.165, 1.54) is 77.0 Å². The van der Waals surface area contributed by atoms with E-state index in [9.17, 15) is 0 Å². The Morgan fingerprint density at radius 1 is 0.688 bits per heavy atom. The van der Waals surface area contributed by atoms with Gasteiger partial charge in [0.2, 0.25) is 0 Å². The fourth-order valence-corrected chi connectivity index (χ4v) is 4.60.